The van der Waals surface area contributed by atoms with Crippen molar-refractivity contribution < 1.29 is 19.1 Å². The van der Waals surface area contributed by atoms with E-state index in [1.807, 2.05) is 6.07 Å². The fraction of sp³-hybridized carbons (Fsp3) is 0.440. The standard InChI is InChI=1S/C25H30N2O4/c28-22(20-7-9-23-24(17-20)31-16-4-15-30-23)8-10-25(29)26-21-11-13-27(14-12-21)18-19-5-2-1-3-6-19/h1-3,5-7,9,17,21H,4,8,10-16,18H2,(H,26,29). The van der Waals surface area contributed by atoms with E-state index in [4.69, 9.17) is 9.47 Å². The molecule has 1 saturated heterocycles. The van der Waals surface area contributed by atoms with Crippen LogP contribution in [0.2, 0.25) is 0 Å². The average molecular weight is 423 g/mol. The highest BCUT2D eigenvalue weighted by molar-refractivity contribution is 5.98. The fourth-order valence-electron chi connectivity index (χ4n) is 4.09. The number of nitrogens with one attached hydrogen (secondary N) is 1. The van der Waals surface area contributed by atoms with Crippen molar-refractivity contribution in [1.29, 1.82) is 0 Å². The molecule has 2 aromatic carbocycles. The Balaban J connectivity index is 1.19. The van der Waals surface area contributed by atoms with Crippen molar-refractivity contribution in [2.45, 2.75) is 44.7 Å². The lowest BCUT2D eigenvalue weighted by atomic mass is 10.0. The Kier molecular flexibility index (Phi) is 7.20. The summed E-state index contributed by atoms with van der Waals surface area (Å²) in [6, 6.07) is 15.9. The van der Waals surface area contributed by atoms with E-state index in [1.165, 1.54) is 5.56 Å². The molecular weight excluding hydrogens is 392 g/mol. The van der Waals surface area contributed by atoms with Crippen LogP contribution in [-0.4, -0.2) is 48.9 Å². The molecule has 0 radical (unpaired) electrons. The molecule has 0 bridgehead atoms. The first-order valence-electron chi connectivity index (χ1n) is 11.2. The molecular formula is C25H30N2O4. The van der Waals surface area contributed by atoms with Gasteiger partial charge in [0, 0.05) is 50.5 Å². The monoisotopic (exact) mass is 422 g/mol. The van der Waals surface area contributed by atoms with Gasteiger partial charge in [-0.1, -0.05) is 30.3 Å². The van der Waals surface area contributed by atoms with E-state index in [-0.39, 0.29) is 30.6 Å². The van der Waals surface area contributed by atoms with Crippen LogP contribution in [0.4, 0.5) is 0 Å². The summed E-state index contributed by atoms with van der Waals surface area (Å²) in [7, 11) is 0. The summed E-state index contributed by atoms with van der Waals surface area (Å²) >= 11 is 0. The highest BCUT2D eigenvalue weighted by Crippen LogP contribution is 2.30. The van der Waals surface area contributed by atoms with Crippen LogP contribution in [0, 0.1) is 0 Å². The molecule has 2 aromatic rings. The first kappa shape index (κ1) is 21.4. The maximum Gasteiger partial charge on any atom is 0.220 e. The summed E-state index contributed by atoms with van der Waals surface area (Å²) in [4.78, 5) is 27.3. The smallest absolute Gasteiger partial charge is 0.220 e. The molecule has 164 valence electrons. The zero-order valence-corrected chi connectivity index (χ0v) is 17.8. The van der Waals surface area contributed by atoms with Crippen molar-refractivity contribution >= 4 is 11.7 Å². The van der Waals surface area contributed by atoms with Gasteiger partial charge in [-0.3, -0.25) is 14.5 Å². The third-order valence-electron chi connectivity index (χ3n) is 5.85. The molecule has 0 aromatic heterocycles. The lowest BCUT2D eigenvalue weighted by molar-refractivity contribution is -0.122. The molecule has 31 heavy (non-hydrogen) atoms. The van der Waals surface area contributed by atoms with Crippen LogP contribution >= 0.6 is 0 Å². The Hall–Kier alpha value is -2.86. The van der Waals surface area contributed by atoms with Gasteiger partial charge >= 0.3 is 0 Å². The van der Waals surface area contributed by atoms with Gasteiger partial charge in [0.05, 0.1) is 13.2 Å². The number of nitrogens with zero attached hydrogens (tertiary/aromatic N) is 1. The van der Waals surface area contributed by atoms with Gasteiger partial charge in [0.15, 0.2) is 17.3 Å². The van der Waals surface area contributed by atoms with Gasteiger partial charge in [-0.15, -0.1) is 0 Å². The maximum absolute atomic E-state index is 12.5. The van der Waals surface area contributed by atoms with Gasteiger partial charge in [-0.25, -0.2) is 0 Å². The van der Waals surface area contributed by atoms with E-state index in [0.717, 1.165) is 38.9 Å². The Bertz CT molecular complexity index is 892. The third kappa shape index (κ3) is 6.07. The molecule has 4 rings (SSSR count). The fourth-order valence-corrected chi connectivity index (χ4v) is 4.09. The molecule has 0 saturated carbocycles. The van der Waals surface area contributed by atoms with Crippen LogP contribution < -0.4 is 14.8 Å². The van der Waals surface area contributed by atoms with Crippen molar-refractivity contribution in [1.82, 2.24) is 10.2 Å². The van der Waals surface area contributed by atoms with E-state index in [2.05, 4.69) is 34.5 Å². The lowest BCUT2D eigenvalue weighted by Crippen LogP contribution is -2.44. The number of Topliss-reactive ketones (excluding diaryl/α,β-unsaturated/α-hetero) is 1. The summed E-state index contributed by atoms with van der Waals surface area (Å²) < 4.78 is 11.3. The Labute approximate surface area is 183 Å². The van der Waals surface area contributed by atoms with Crippen LogP contribution in [0.15, 0.2) is 48.5 Å². The van der Waals surface area contributed by atoms with Gasteiger partial charge in [-0.2, -0.15) is 0 Å². The number of carbonyl (C=O) groups is 2. The van der Waals surface area contributed by atoms with Crippen molar-refractivity contribution in [2.24, 2.45) is 0 Å². The van der Waals surface area contributed by atoms with Gasteiger partial charge in [0.1, 0.15) is 0 Å². The molecule has 2 aliphatic rings. The van der Waals surface area contributed by atoms with Crippen LogP contribution in [0.5, 0.6) is 11.5 Å². The summed E-state index contributed by atoms with van der Waals surface area (Å²) in [5.74, 6) is 1.17. The molecule has 2 heterocycles. The predicted octanol–water partition coefficient (Wildman–Crippen LogP) is 3.59. The summed E-state index contributed by atoms with van der Waals surface area (Å²) in [6.45, 7) is 4.08. The lowest BCUT2D eigenvalue weighted by Gasteiger charge is -2.32. The SMILES string of the molecule is O=C(CCC(=O)c1ccc2c(c1)OCCCO2)NC1CCN(Cc2ccccc2)CC1. The topological polar surface area (TPSA) is 67.9 Å². The third-order valence-corrected chi connectivity index (χ3v) is 5.85. The number of benzene rings is 2. The second-order valence-corrected chi connectivity index (χ2v) is 8.24. The number of rotatable bonds is 7. The Morgan fingerprint density at radius 3 is 2.45 bits per heavy atom. The minimum atomic E-state index is -0.0523. The molecule has 2 aliphatic heterocycles. The molecule has 1 amide bonds. The van der Waals surface area contributed by atoms with Gasteiger partial charge in [0.25, 0.3) is 0 Å². The van der Waals surface area contributed by atoms with Crippen LogP contribution in [-0.2, 0) is 11.3 Å². The number of likely N-dealkylation sites (tertiary alicyclic amines) is 1. The minimum absolute atomic E-state index is 0.0517. The van der Waals surface area contributed by atoms with E-state index < -0.39 is 0 Å². The first-order chi connectivity index (χ1) is 15.2. The van der Waals surface area contributed by atoms with Crippen LogP contribution in [0.25, 0.3) is 0 Å². The number of ether oxygens (including phenoxy) is 2. The zero-order valence-electron chi connectivity index (χ0n) is 17.8. The molecule has 0 atom stereocenters. The predicted molar refractivity (Wildman–Crippen MR) is 118 cm³/mol. The van der Waals surface area contributed by atoms with Crippen molar-refractivity contribution in [3.05, 3.63) is 59.7 Å². The zero-order chi connectivity index (χ0) is 21.5. The van der Waals surface area contributed by atoms with E-state index in [0.29, 0.717) is 30.3 Å². The molecule has 0 spiro atoms. The van der Waals surface area contributed by atoms with Crippen LogP contribution in [0.1, 0.15) is 48.0 Å². The quantitative estimate of drug-likeness (QED) is 0.691. The number of hydrogen-bond donors (Lipinski definition) is 1. The number of amides is 1. The van der Waals surface area contributed by atoms with E-state index in [9.17, 15) is 9.59 Å². The molecule has 1 fully saturated rings. The van der Waals surface area contributed by atoms with Crippen molar-refractivity contribution in [3.63, 3.8) is 0 Å². The van der Waals surface area contributed by atoms with Gasteiger partial charge in [-0.05, 0) is 36.6 Å². The molecule has 0 unspecified atom stereocenters. The summed E-state index contributed by atoms with van der Waals surface area (Å²) in [5.41, 5.74) is 1.88. The number of ketones is 1. The van der Waals surface area contributed by atoms with Gasteiger partial charge < -0.3 is 14.8 Å². The molecule has 6 nitrogen and oxygen atoms in total. The summed E-state index contributed by atoms with van der Waals surface area (Å²) in [6.07, 6.45) is 3.10. The van der Waals surface area contributed by atoms with Crippen molar-refractivity contribution in [2.75, 3.05) is 26.3 Å². The number of fused-ring (bicyclic) bond motifs is 1. The highest BCUT2D eigenvalue weighted by atomic mass is 16.5. The maximum atomic E-state index is 12.5. The number of carbonyl (C=O) groups excluding carboxylic acids is 2. The molecule has 1 N–H and O–H groups in total. The minimum Gasteiger partial charge on any atom is -0.490 e. The summed E-state index contributed by atoms with van der Waals surface area (Å²) in [5, 5.41) is 3.11. The van der Waals surface area contributed by atoms with Gasteiger partial charge in [0.2, 0.25) is 5.91 Å². The number of hydrogen-bond acceptors (Lipinski definition) is 5. The average Bonchev–Trinajstić information content (AvgIpc) is 3.04. The largest absolute Gasteiger partial charge is 0.490 e. The Morgan fingerprint density at radius 1 is 0.935 bits per heavy atom. The Morgan fingerprint density at radius 2 is 1.68 bits per heavy atom. The van der Waals surface area contributed by atoms with E-state index in [1.54, 1.807) is 18.2 Å². The molecule has 0 aliphatic carbocycles. The van der Waals surface area contributed by atoms with Crippen molar-refractivity contribution in [3.8, 4) is 11.5 Å². The second-order valence-electron chi connectivity index (χ2n) is 8.24. The van der Waals surface area contributed by atoms with Crippen LogP contribution in [0.3, 0.4) is 0 Å². The molecule has 6 heteroatoms. The highest BCUT2D eigenvalue weighted by Gasteiger charge is 2.21. The second kappa shape index (κ2) is 10.4. The normalized spacial score (nSPS) is 17.0. The van der Waals surface area contributed by atoms with E-state index >= 15 is 0 Å². The first-order valence-corrected chi connectivity index (χ1v) is 11.2. The number of piperidine rings is 1.